The van der Waals surface area contributed by atoms with Gasteiger partial charge in [-0.15, -0.1) is 0 Å². The van der Waals surface area contributed by atoms with E-state index in [0.29, 0.717) is 17.8 Å². The number of esters is 1. The summed E-state index contributed by atoms with van der Waals surface area (Å²) in [6.45, 7) is 0.593. The van der Waals surface area contributed by atoms with Gasteiger partial charge in [0.2, 0.25) is 5.91 Å². The zero-order chi connectivity index (χ0) is 25.9. The standard InChI is InChI=1S/C27H23F3N2O4/c1-36-26(35)22(17-6-10-20(11-7-17)27(28,29)30)16-24(33)31-21-12-8-19(9-13-21)25(34)32-15-14-18-4-2-3-5-23(18)32/h2-13,22H,14-16H2,1H3,(H,31,33). The van der Waals surface area contributed by atoms with Crippen LogP contribution in [0.4, 0.5) is 24.5 Å². The van der Waals surface area contributed by atoms with Gasteiger partial charge < -0.3 is 15.0 Å². The Morgan fingerprint density at radius 3 is 2.28 bits per heavy atom. The summed E-state index contributed by atoms with van der Waals surface area (Å²) >= 11 is 0. The number of rotatable bonds is 6. The van der Waals surface area contributed by atoms with Crippen molar-refractivity contribution in [3.05, 3.63) is 95.1 Å². The van der Waals surface area contributed by atoms with Crippen molar-refractivity contribution in [1.82, 2.24) is 0 Å². The number of benzene rings is 3. The van der Waals surface area contributed by atoms with Gasteiger partial charge in [-0.3, -0.25) is 14.4 Å². The quantitative estimate of drug-likeness (QED) is 0.477. The monoisotopic (exact) mass is 496 g/mol. The Morgan fingerprint density at radius 2 is 1.64 bits per heavy atom. The van der Waals surface area contributed by atoms with Gasteiger partial charge in [-0.05, 0) is 60.0 Å². The largest absolute Gasteiger partial charge is 0.469 e. The number of methoxy groups -OCH3 is 1. The third kappa shape index (κ3) is 5.40. The minimum Gasteiger partial charge on any atom is -0.469 e. The maximum absolute atomic E-state index is 13.0. The van der Waals surface area contributed by atoms with Gasteiger partial charge in [0, 0.05) is 29.9 Å². The highest BCUT2D eigenvalue weighted by Crippen LogP contribution is 2.32. The normalized spacial score (nSPS) is 13.6. The van der Waals surface area contributed by atoms with Crippen LogP contribution >= 0.6 is 0 Å². The van der Waals surface area contributed by atoms with Crippen molar-refractivity contribution in [3.63, 3.8) is 0 Å². The first-order valence-electron chi connectivity index (χ1n) is 11.2. The molecule has 1 aliphatic rings. The van der Waals surface area contributed by atoms with Crippen LogP contribution in [0.2, 0.25) is 0 Å². The maximum Gasteiger partial charge on any atom is 0.416 e. The SMILES string of the molecule is COC(=O)C(CC(=O)Nc1ccc(C(=O)N2CCc3ccccc32)cc1)c1ccc(C(F)(F)F)cc1. The molecule has 9 heteroatoms. The summed E-state index contributed by atoms with van der Waals surface area (Å²) in [7, 11) is 1.14. The number of nitrogens with zero attached hydrogens (tertiary/aromatic N) is 1. The van der Waals surface area contributed by atoms with Crippen molar-refractivity contribution < 1.29 is 32.3 Å². The van der Waals surface area contributed by atoms with Gasteiger partial charge in [-0.2, -0.15) is 13.2 Å². The van der Waals surface area contributed by atoms with Gasteiger partial charge in [0.1, 0.15) is 0 Å². The van der Waals surface area contributed by atoms with E-state index in [4.69, 9.17) is 4.74 Å². The molecule has 0 bridgehead atoms. The van der Waals surface area contributed by atoms with Gasteiger partial charge in [0.05, 0.1) is 18.6 Å². The Labute approximate surface area is 205 Å². The highest BCUT2D eigenvalue weighted by molar-refractivity contribution is 6.07. The number of amides is 2. The van der Waals surface area contributed by atoms with Crippen LogP contribution in [0.1, 0.15) is 39.4 Å². The Bertz CT molecular complexity index is 1270. The molecule has 0 saturated heterocycles. The predicted molar refractivity (Wildman–Crippen MR) is 128 cm³/mol. The van der Waals surface area contributed by atoms with Crippen molar-refractivity contribution in [2.75, 3.05) is 23.9 Å². The summed E-state index contributed by atoms with van der Waals surface area (Å²) in [4.78, 5) is 39.6. The predicted octanol–water partition coefficient (Wildman–Crippen LogP) is 5.19. The maximum atomic E-state index is 13.0. The molecule has 1 N–H and O–H groups in total. The smallest absolute Gasteiger partial charge is 0.416 e. The summed E-state index contributed by atoms with van der Waals surface area (Å²) in [5.41, 5.74) is 2.25. The van der Waals surface area contributed by atoms with E-state index in [1.165, 1.54) is 0 Å². The molecule has 0 aliphatic carbocycles. The fraction of sp³-hybridized carbons (Fsp3) is 0.222. The molecule has 6 nitrogen and oxygen atoms in total. The van der Waals surface area contributed by atoms with Crippen molar-refractivity contribution in [2.24, 2.45) is 0 Å². The second-order valence-corrected chi connectivity index (χ2v) is 8.36. The second-order valence-electron chi connectivity index (χ2n) is 8.36. The molecule has 0 radical (unpaired) electrons. The first kappa shape index (κ1) is 25.0. The topological polar surface area (TPSA) is 75.7 Å². The van der Waals surface area contributed by atoms with Crippen LogP contribution in [0.25, 0.3) is 0 Å². The minimum absolute atomic E-state index is 0.147. The van der Waals surface area contributed by atoms with Crippen molar-refractivity contribution in [3.8, 4) is 0 Å². The molecule has 4 rings (SSSR count). The van der Waals surface area contributed by atoms with E-state index < -0.39 is 29.5 Å². The van der Waals surface area contributed by atoms with E-state index in [-0.39, 0.29) is 17.9 Å². The summed E-state index contributed by atoms with van der Waals surface area (Å²) in [6.07, 6.45) is -4.05. The number of carbonyl (C=O) groups excluding carboxylic acids is 3. The van der Waals surface area contributed by atoms with E-state index >= 15 is 0 Å². The molecule has 3 aromatic carbocycles. The Kier molecular flexibility index (Phi) is 7.10. The molecule has 0 aromatic heterocycles. The summed E-state index contributed by atoms with van der Waals surface area (Å²) in [5.74, 6) is -2.49. The molecule has 0 saturated carbocycles. The molecular formula is C27H23F3N2O4. The van der Waals surface area contributed by atoms with Crippen LogP contribution in [0, 0.1) is 0 Å². The van der Waals surface area contributed by atoms with Gasteiger partial charge in [-0.25, -0.2) is 0 Å². The van der Waals surface area contributed by atoms with Crippen LogP contribution in [0.15, 0.2) is 72.8 Å². The van der Waals surface area contributed by atoms with Crippen molar-refractivity contribution in [1.29, 1.82) is 0 Å². The molecule has 0 spiro atoms. The number of halogens is 3. The molecular weight excluding hydrogens is 473 g/mol. The highest BCUT2D eigenvalue weighted by atomic mass is 19.4. The van der Waals surface area contributed by atoms with Gasteiger partial charge in [0.25, 0.3) is 5.91 Å². The second kappa shape index (κ2) is 10.2. The minimum atomic E-state index is -4.51. The van der Waals surface area contributed by atoms with Crippen molar-refractivity contribution >= 4 is 29.2 Å². The van der Waals surface area contributed by atoms with E-state index in [1.807, 2.05) is 24.3 Å². The zero-order valence-corrected chi connectivity index (χ0v) is 19.3. The molecule has 186 valence electrons. The first-order valence-corrected chi connectivity index (χ1v) is 11.2. The molecule has 0 fully saturated rings. The van der Waals surface area contributed by atoms with E-state index in [1.54, 1.807) is 29.2 Å². The number of ether oxygens (including phenoxy) is 1. The fourth-order valence-corrected chi connectivity index (χ4v) is 4.18. The average Bonchev–Trinajstić information content (AvgIpc) is 3.30. The molecule has 2 amide bonds. The van der Waals surface area contributed by atoms with E-state index in [0.717, 1.165) is 49.0 Å². The molecule has 1 atom stereocenters. The number of carbonyl (C=O) groups is 3. The van der Waals surface area contributed by atoms with Crippen LogP contribution in [-0.4, -0.2) is 31.4 Å². The number of anilines is 2. The summed E-state index contributed by atoms with van der Waals surface area (Å²) < 4.78 is 43.3. The first-order chi connectivity index (χ1) is 17.2. The number of para-hydroxylation sites is 1. The Hall–Kier alpha value is -4.14. The molecule has 36 heavy (non-hydrogen) atoms. The van der Waals surface area contributed by atoms with E-state index in [2.05, 4.69) is 5.32 Å². The number of fused-ring (bicyclic) bond motifs is 1. The lowest BCUT2D eigenvalue weighted by Gasteiger charge is -2.18. The third-order valence-corrected chi connectivity index (χ3v) is 6.06. The van der Waals surface area contributed by atoms with Gasteiger partial charge in [-0.1, -0.05) is 30.3 Å². The third-order valence-electron chi connectivity index (χ3n) is 6.06. The van der Waals surface area contributed by atoms with Crippen molar-refractivity contribution in [2.45, 2.75) is 24.9 Å². The van der Waals surface area contributed by atoms with Gasteiger partial charge in [0.15, 0.2) is 0 Å². The van der Waals surface area contributed by atoms with Crippen LogP contribution in [-0.2, 0) is 26.9 Å². The number of nitrogens with one attached hydrogen (secondary N) is 1. The number of hydrogen-bond acceptors (Lipinski definition) is 4. The fourth-order valence-electron chi connectivity index (χ4n) is 4.18. The molecule has 3 aromatic rings. The molecule has 1 aliphatic heterocycles. The van der Waals surface area contributed by atoms with Gasteiger partial charge >= 0.3 is 12.1 Å². The van der Waals surface area contributed by atoms with Crippen LogP contribution in [0.5, 0.6) is 0 Å². The number of alkyl halides is 3. The van der Waals surface area contributed by atoms with Crippen LogP contribution < -0.4 is 10.2 Å². The van der Waals surface area contributed by atoms with Crippen LogP contribution in [0.3, 0.4) is 0 Å². The summed E-state index contributed by atoms with van der Waals surface area (Å²) in [5, 5.41) is 2.66. The lowest BCUT2D eigenvalue weighted by molar-refractivity contribution is -0.143. The summed E-state index contributed by atoms with van der Waals surface area (Å²) in [6, 6.07) is 18.1. The average molecular weight is 496 g/mol. The Morgan fingerprint density at radius 1 is 0.972 bits per heavy atom. The molecule has 1 heterocycles. The highest BCUT2D eigenvalue weighted by Gasteiger charge is 2.31. The lowest BCUT2D eigenvalue weighted by atomic mass is 9.94. The lowest BCUT2D eigenvalue weighted by Crippen LogP contribution is -2.28. The number of hydrogen-bond donors (Lipinski definition) is 1. The zero-order valence-electron chi connectivity index (χ0n) is 19.3. The van der Waals surface area contributed by atoms with E-state index in [9.17, 15) is 27.6 Å². The Balaban J connectivity index is 1.42. The molecule has 1 unspecified atom stereocenters.